The number of carboxylic acids is 1. The lowest BCUT2D eigenvalue weighted by atomic mass is 9.82. The molecule has 3 heteroatoms. The summed E-state index contributed by atoms with van der Waals surface area (Å²) in [5.74, 6) is -0.740. The normalized spacial score (nSPS) is 18.7. The fourth-order valence-corrected chi connectivity index (χ4v) is 4.26. The zero-order valence-electron chi connectivity index (χ0n) is 16.8. The van der Waals surface area contributed by atoms with Gasteiger partial charge in [-0.15, -0.1) is 6.58 Å². The quantitative estimate of drug-likeness (QED) is 0.522. The van der Waals surface area contributed by atoms with Crippen molar-refractivity contribution in [1.82, 2.24) is 0 Å². The van der Waals surface area contributed by atoms with Crippen LogP contribution in [-0.4, -0.2) is 16.6 Å². The number of nitrogens with one attached hydrogen (secondary N) is 1. The summed E-state index contributed by atoms with van der Waals surface area (Å²) >= 11 is 0. The van der Waals surface area contributed by atoms with E-state index in [-0.39, 0.29) is 12.0 Å². The number of hydrogen-bond donors (Lipinski definition) is 2. The van der Waals surface area contributed by atoms with Crippen molar-refractivity contribution in [2.45, 2.75) is 95.4 Å². The van der Waals surface area contributed by atoms with Crippen LogP contribution in [0.1, 0.15) is 89.0 Å². The maximum absolute atomic E-state index is 10.8. The van der Waals surface area contributed by atoms with E-state index in [0.29, 0.717) is 6.42 Å². The largest absolute Gasteiger partial charge is 0.481 e. The van der Waals surface area contributed by atoms with Crippen molar-refractivity contribution in [1.29, 1.82) is 0 Å². The number of hydrogen-bond acceptors (Lipinski definition) is 2. The molecule has 0 spiro atoms. The second kappa shape index (κ2) is 11.8. The van der Waals surface area contributed by atoms with E-state index in [9.17, 15) is 4.79 Å². The SMILES string of the molecule is C=CCC1(Nc2ccc(CCC(=O)O)cc2)CCCCCCCCCCC1. The maximum Gasteiger partial charge on any atom is 0.303 e. The fourth-order valence-electron chi connectivity index (χ4n) is 4.26. The summed E-state index contributed by atoms with van der Waals surface area (Å²) in [5.41, 5.74) is 2.33. The Morgan fingerprint density at radius 3 is 1.96 bits per heavy atom. The molecule has 0 unspecified atom stereocenters. The van der Waals surface area contributed by atoms with E-state index in [1.807, 2.05) is 0 Å². The number of anilines is 1. The van der Waals surface area contributed by atoms with Crippen molar-refractivity contribution < 1.29 is 9.90 Å². The van der Waals surface area contributed by atoms with E-state index in [4.69, 9.17) is 5.11 Å². The highest BCUT2D eigenvalue weighted by Crippen LogP contribution is 2.32. The van der Waals surface area contributed by atoms with Crippen LogP contribution in [0.4, 0.5) is 5.69 Å². The molecule has 0 aliphatic heterocycles. The number of carboxylic acid groups (broad SMARTS) is 1. The molecular weight excluding hydrogens is 334 g/mol. The van der Waals surface area contributed by atoms with E-state index in [2.05, 4.69) is 42.2 Å². The lowest BCUT2D eigenvalue weighted by molar-refractivity contribution is -0.136. The summed E-state index contributed by atoms with van der Waals surface area (Å²) in [6.45, 7) is 4.03. The Balaban J connectivity index is 2.04. The average Bonchev–Trinajstić information content (AvgIpc) is 2.64. The van der Waals surface area contributed by atoms with Gasteiger partial charge in [0.1, 0.15) is 0 Å². The fraction of sp³-hybridized carbons (Fsp3) is 0.625. The molecule has 0 bridgehead atoms. The minimum atomic E-state index is -0.740. The molecule has 1 aliphatic rings. The van der Waals surface area contributed by atoms with E-state index in [0.717, 1.165) is 17.7 Å². The van der Waals surface area contributed by atoms with Crippen LogP contribution in [0.5, 0.6) is 0 Å². The van der Waals surface area contributed by atoms with Gasteiger partial charge in [-0.1, -0.05) is 76.0 Å². The van der Waals surface area contributed by atoms with Crippen molar-refractivity contribution in [2.24, 2.45) is 0 Å². The van der Waals surface area contributed by atoms with Crippen LogP contribution in [-0.2, 0) is 11.2 Å². The van der Waals surface area contributed by atoms with E-state index in [1.165, 1.54) is 70.6 Å². The van der Waals surface area contributed by atoms with Gasteiger partial charge in [0, 0.05) is 17.6 Å². The Hall–Kier alpha value is -1.77. The minimum absolute atomic E-state index is 0.101. The third kappa shape index (κ3) is 8.19. The maximum atomic E-state index is 10.8. The molecule has 0 atom stereocenters. The summed E-state index contributed by atoms with van der Waals surface area (Å²) in [5, 5.41) is 12.7. The lowest BCUT2D eigenvalue weighted by Gasteiger charge is -2.36. The number of aliphatic carboxylic acids is 1. The van der Waals surface area contributed by atoms with Crippen LogP contribution in [0, 0.1) is 0 Å². The molecule has 150 valence electrons. The zero-order valence-corrected chi connectivity index (χ0v) is 16.8. The van der Waals surface area contributed by atoms with Crippen molar-refractivity contribution in [2.75, 3.05) is 5.32 Å². The van der Waals surface area contributed by atoms with E-state index in [1.54, 1.807) is 0 Å². The molecule has 1 aliphatic carbocycles. The molecule has 0 amide bonds. The molecule has 2 N–H and O–H groups in total. The first-order valence-corrected chi connectivity index (χ1v) is 10.8. The summed E-state index contributed by atoms with van der Waals surface area (Å²) < 4.78 is 0. The first-order valence-electron chi connectivity index (χ1n) is 10.8. The predicted octanol–water partition coefficient (Wildman–Crippen LogP) is 6.74. The van der Waals surface area contributed by atoms with Crippen molar-refractivity contribution in [3.05, 3.63) is 42.5 Å². The van der Waals surface area contributed by atoms with Crippen molar-refractivity contribution in [3.63, 3.8) is 0 Å². The Kier molecular flexibility index (Phi) is 9.44. The second-order valence-electron chi connectivity index (χ2n) is 8.17. The monoisotopic (exact) mass is 371 g/mol. The van der Waals surface area contributed by atoms with Gasteiger partial charge in [0.25, 0.3) is 0 Å². The Bertz CT molecular complexity index is 552. The minimum Gasteiger partial charge on any atom is -0.481 e. The van der Waals surface area contributed by atoms with Crippen LogP contribution >= 0.6 is 0 Å². The van der Waals surface area contributed by atoms with Crippen LogP contribution in [0.2, 0.25) is 0 Å². The van der Waals surface area contributed by atoms with E-state index < -0.39 is 5.97 Å². The second-order valence-corrected chi connectivity index (χ2v) is 8.17. The van der Waals surface area contributed by atoms with Gasteiger partial charge < -0.3 is 10.4 Å². The van der Waals surface area contributed by atoms with Gasteiger partial charge in [-0.3, -0.25) is 4.79 Å². The highest BCUT2D eigenvalue weighted by atomic mass is 16.4. The predicted molar refractivity (Wildman–Crippen MR) is 114 cm³/mol. The van der Waals surface area contributed by atoms with Crippen molar-refractivity contribution >= 4 is 11.7 Å². The summed E-state index contributed by atoms with van der Waals surface area (Å²) in [7, 11) is 0. The molecule has 0 heterocycles. The number of benzene rings is 1. The molecule has 0 saturated heterocycles. The molecule has 27 heavy (non-hydrogen) atoms. The molecule has 3 nitrogen and oxygen atoms in total. The number of rotatable bonds is 7. The highest BCUT2D eigenvalue weighted by molar-refractivity contribution is 5.67. The molecular formula is C24H37NO2. The van der Waals surface area contributed by atoms with Gasteiger partial charge in [0.05, 0.1) is 0 Å². The van der Waals surface area contributed by atoms with Crippen LogP contribution in [0.25, 0.3) is 0 Å². The molecule has 1 aromatic rings. The molecule has 1 saturated carbocycles. The zero-order chi connectivity index (χ0) is 19.4. The van der Waals surface area contributed by atoms with Crippen LogP contribution in [0.3, 0.4) is 0 Å². The van der Waals surface area contributed by atoms with Gasteiger partial charge in [0.15, 0.2) is 0 Å². The molecule has 0 radical (unpaired) electrons. The van der Waals surface area contributed by atoms with Gasteiger partial charge in [-0.05, 0) is 43.4 Å². The molecule has 1 aromatic carbocycles. The van der Waals surface area contributed by atoms with Crippen LogP contribution in [0.15, 0.2) is 36.9 Å². The van der Waals surface area contributed by atoms with E-state index >= 15 is 0 Å². The summed E-state index contributed by atoms with van der Waals surface area (Å²) in [6.07, 6.45) is 18.3. The average molecular weight is 372 g/mol. The summed E-state index contributed by atoms with van der Waals surface area (Å²) in [4.78, 5) is 10.8. The number of aryl methyl sites for hydroxylation is 1. The molecule has 1 fully saturated rings. The lowest BCUT2D eigenvalue weighted by Crippen LogP contribution is -2.38. The van der Waals surface area contributed by atoms with Gasteiger partial charge in [-0.25, -0.2) is 0 Å². The van der Waals surface area contributed by atoms with Gasteiger partial charge in [0.2, 0.25) is 0 Å². The third-order valence-electron chi connectivity index (χ3n) is 5.84. The van der Waals surface area contributed by atoms with Gasteiger partial charge in [-0.2, -0.15) is 0 Å². The third-order valence-corrected chi connectivity index (χ3v) is 5.84. The first kappa shape index (κ1) is 21.5. The Labute approximate surface area is 165 Å². The molecule has 0 aromatic heterocycles. The number of carbonyl (C=O) groups is 1. The van der Waals surface area contributed by atoms with Gasteiger partial charge >= 0.3 is 5.97 Å². The topological polar surface area (TPSA) is 49.3 Å². The highest BCUT2D eigenvalue weighted by Gasteiger charge is 2.27. The van der Waals surface area contributed by atoms with Crippen molar-refractivity contribution in [3.8, 4) is 0 Å². The Morgan fingerprint density at radius 2 is 1.48 bits per heavy atom. The Morgan fingerprint density at radius 1 is 0.963 bits per heavy atom. The molecule has 2 rings (SSSR count). The van der Waals surface area contributed by atoms with Crippen LogP contribution < -0.4 is 5.32 Å². The standard InChI is InChI=1S/C24H37NO2/c1-2-18-24(19-10-8-6-4-3-5-7-9-11-20-24)25-22-15-12-21(13-16-22)14-17-23(26)27/h2,12-13,15-16,25H,1,3-11,14,17-20H2,(H,26,27). The summed E-state index contributed by atoms with van der Waals surface area (Å²) in [6, 6.07) is 8.33. The smallest absolute Gasteiger partial charge is 0.303 e. The first-order chi connectivity index (χ1) is 13.1.